The second-order valence-electron chi connectivity index (χ2n) is 3.42. The topological polar surface area (TPSA) is 42.0 Å². The second kappa shape index (κ2) is 5.22. The summed E-state index contributed by atoms with van der Waals surface area (Å²) in [4.78, 5) is 15.1. The number of hydrogen-bond donors (Lipinski definition) is 1. The minimum absolute atomic E-state index is 0.0341. The van der Waals surface area contributed by atoms with Crippen LogP contribution in [0.25, 0.3) is 0 Å². The maximum absolute atomic E-state index is 13.5. The van der Waals surface area contributed by atoms with E-state index in [2.05, 4.69) is 26.2 Å². The number of nitrogens with one attached hydrogen (secondary N) is 1. The molecule has 1 amide bonds. The molecular weight excluding hydrogens is 306 g/mol. The lowest BCUT2D eigenvalue weighted by Crippen LogP contribution is -2.13. The van der Waals surface area contributed by atoms with Gasteiger partial charge in [-0.25, -0.2) is 9.37 Å². The summed E-state index contributed by atoms with van der Waals surface area (Å²) < 4.78 is 26.5. The lowest BCUT2D eigenvalue weighted by molar-refractivity contribution is 0.102. The van der Waals surface area contributed by atoms with Gasteiger partial charge in [-0.1, -0.05) is 6.07 Å². The number of rotatable bonds is 2. The molecule has 18 heavy (non-hydrogen) atoms. The second-order valence-corrected chi connectivity index (χ2v) is 4.27. The van der Waals surface area contributed by atoms with Gasteiger partial charge in [-0.2, -0.15) is 4.39 Å². The first kappa shape index (κ1) is 12.6. The third kappa shape index (κ3) is 2.70. The fraction of sp³-hybridized carbons (Fsp3) is 0. The average molecular weight is 313 g/mol. The van der Waals surface area contributed by atoms with Crippen molar-refractivity contribution in [3.8, 4) is 0 Å². The van der Waals surface area contributed by atoms with Crippen LogP contribution in [0.5, 0.6) is 0 Å². The van der Waals surface area contributed by atoms with Gasteiger partial charge in [-0.05, 0) is 40.2 Å². The van der Waals surface area contributed by atoms with E-state index in [4.69, 9.17) is 0 Å². The number of nitrogens with zero attached hydrogens (tertiary/aromatic N) is 1. The summed E-state index contributed by atoms with van der Waals surface area (Å²) in [6.45, 7) is 0. The van der Waals surface area contributed by atoms with Crippen LogP contribution in [-0.4, -0.2) is 10.9 Å². The van der Waals surface area contributed by atoms with Crippen LogP contribution < -0.4 is 5.32 Å². The van der Waals surface area contributed by atoms with Gasteiger partial charge >= 0.3 is 0 Å². The minimum atomic E-state index is -0.682. The third-order valence-electron chi connectivity index (χ3n) is 2.19. The van der Waals surface area contributed by atoms with Gasteiger partial charge in [0.15, 0.2) is 0 Å². The summed E-state index contributed by atoms with van der Waals surface area (Å²) in [6, 6.07) is 6.66. The summed E-state index contributed by atoms with van der Waals surface area (Å²) in [6.07, 6.45) is 1.08. The lowest BCUT2D eigenvalue weighted by Gasteiger charge is -2.08. The van der Waals surface area contributed by atoms with Crippen LogP contribution in [0.15, 0.2) is 41.0 Å². The summed E-state index contributed by atoms with van der Waals surface area (Å²) >= 11 is 3.13. The number of carbonyl (C=O) groups is 1. The van der Waals surface area contributed by atoms with E-state index in [0.717, 1.165) is 12.3 Å². The number of amides is 1. The minimum Gasteiger partial charge on any atom is -0.318 e. The normalized spacial score (nSPS) is 10.2. The number of para-hydroxylation sites is 1. The van der Waals surface area contributed by atoms with Crippen LogP contribution in [0.4, 0.5) is 14.5 Å². The predicted molar refractivity (Wildman–Crippen MR) is 66.2 cm³/mol. The van der Waals surface area contributed by atoms with Crippen molar-refractivity contribution in [2.75, 3.05) is 5.32 Å². The number of anilines is 1. The maximum atomic E-state index is 13.5. The maximum Gasteiger partial charge on any atom is 0.257 e. The molecule has 0 aliphatic carbocycles. The molecule has 1 heterocycles. The van der Waals surface area contributed by atoms with Gasteiger partial charge < -0.3 is 5.32 Å². The summed E-state index contributed by atoms with van der Waals surface area (Å²) in [5, 5.41) is 2.39. The largest absolute Gasteiger partial charge is 0.318 e. The zero-order valence-electron chi connectivity index (χ0n) is 8.95. The molecule has 0 fully saturated rings. The molecule has 2 rings (SSSR count). The molecule has 1 aromatic heterocycles. The smallest absolute Gasteiger partial charge is 0.257 e. The molecule has 0 spiro atoms. The number of aromatic nitrogens is 1. The quantitative estimate of drug-likeness (QED) is 0.864. The average Bonchev–Trinajstić information content (AvgIpc) is 2.34. The third-order valence-corrected chi connectivity index (χ3v) is 2.85. The summed E-state index contributed by atoms with van der Waals surface area (Å²) in [7, 11) is 0. The van der Waals surface area contributed by atoms with Crippen LogP contribution in [0.1, 0.15) is 10.4 Å². The molecule has 0 aliphatic heterocycles. The summed E-state index contributed by atoms with van der Waals surface area (Å²) in [5.41, 5.74) is 0.179. The summed E-state index contributed by atoms with van der Waals surface area (Å²) in [5.74, 6) is -1.81. The van der Waals surface area contributed by atoms with Gasteiger partial charge in [0.1, 0.15) is 5.82 Å². The molecule has 92 valence electrons. The molecule has 1 N–H and O–H groups in total. The van der Waals surface area contributed by atoms with Crippen LogP contribution in [0.3, 0.4) is 0 Å². The van der Waals surface area contributed by atoms with Crippen molar-refractivity contribution in [2.45, 2.75) is 0 Å². The van der Waals surface area contributed by atoms with Crippen LogP contribution >= 0.6 is 15.9 Å². The Morgan fingerprint density at radius 1 is 1.22 bits per heavy atom. The van der Waals surface area contributed by atoms with E-state index in [1.165, 1.54) is 18.2 Å². The Balaban J connectivity index is 2.24. The highest BCUT2D eigenvalue weighted by molar-refractivity contribution is 9.10. The SMILES string of the molecule is O=C(Nc1c(F)cccc1Br)c1ccc(F)nc1. The molecule has 1 aromatic carbocycles. The Morgan fingerprint density at radius 3 is 2.61 bits per heavy atom. The van der Waals surface area contributed by atoms with E-state index in [1.807, 2.05) is 0 Å². The number of benzene rings is 1. The Kier molecular flexibility index (Phi) is 3.66. The molecule has 0 atom stereocenters. The van der Waals surface area contributed by atoms with Gasteiger partial charge in [0.25, 0.3) is 5.91 Å². The Labute approximate surface area is 110 Å². The number of carbonyl (C=O) groups excluding carboxylic acids is 1. The van der Waals surface area contributed by atoms with Crippen molar-refractivity contribution in [1.82, 2.24) is 4.98 Å². The van der Waals surface area contributed by atoms with Crippen LogP contribution in [0.2, 0.25) is 0 Å². The molecular formula is C12H7BrF2N2O. The highest BCUT2D eigenvalue weighted by atomic mass is 79.9. The fourth-order valence-corrected chi connectivity index (χ4v) is 1.75. The van der Waals surface area contributed by atoms with Crippen molar-refractivity contribution in [3.05, 3.63) is 58.3 Å². The van der Waals surface area contributed by atoms with Gasteiger partial charge in [0.2, 0.25) is 5.95 Å². The first-order valence-corrected chi connectivity index (χ1v) is 5.74. The number of pyridine rings is 1. The monoisotopic (exact) mass is 312 g/mol. The van der Waals surface area contributed by atoms with Crippen molar-refractivity contribution in [2.24, 2.45) is 0 Å². The van der Waals surface area contributed by atoms with Gasteiger partial charge in [-0.3, -0.25) is 4.79 Å². The highest BCUT2D eigenvalue weighted by Gasteiger charge is 2.12. The molecule has 0 bridgehead atoms. The standard InChI is InChI=1S/C12H7BrF2N2O/c13-8-2-1-3-9(14)11(8)17-12(18)7-4-5-10(15)16-6-7/h1-6H,(H,17,18). The van der Waals surface area contributed by atoms with E-state index in [1.54, 1.807) is 6.07 Å². The molecule has 0 saturated heterocycles. The van der Waals surface area contributed by atoms with E-state index in [9.17, 15) is 13.6 Å². The van der Waals surface area contributed by atoms with Crippen LogP contribution in [-0.2, 0) is 0 Å². The first-order valence-electron chi connectivity index (χ1n) is 4.95. The van der Waals surface area contributed by atoms with E-state index >= 15 is 0 Å². The Morgan fingerprint density at radius 2 is 2.00 bits per heavy atom. The predicted octanol–water partition coefficient (Wildman–Crippen LogP) is 3.37. The van der Waals surface area contributed by atoms with Gasteiger partial charge in [0, 0.05) is 10.7 Å². The zero-order chi connectivity index (χ0) is 13.1. The molecule has 3 nitrogen and oxygen atoms in total. The van der Waals surface area contributed by atoms with E-state index in [0.29, 0.717) is 4.47 Å². The van der Waals surface area contributed by atoms with Crippen molar-refractivity contribution in [1.29, 1.82) is 0 Å². The molecule has 0 radical (unpaired) electrons. The van der Waals surface area contributed by atoms with Gasteiger partial charge in [0.05, 0.1) is 11.3 Å². The first-order chi connectivity index (χ1) is 8.58. The van der Waals surface area contributed by atoms with E-state index < -0.39 is 17.7 Å². The Bertz CT molecular complexity index is 567. The molecule has 0 saturated carbocycles. The zero-order valence-corrected chi connectivity index (χ0v) is 10.5. The molecule has 0 unspecified atom stereocenters. The fourth-order valence-electron chi connectivity index (χ4n) is 1.31. The van der Waals surface area contributed by atoms with Gasteiger partial charge in [-0.15, -0.1) is 0 Å². The van der Waals surface area contributed by atoms with E-state index in [-0.39, 0.29) is 11.3 Å². The van der Waals surface area contributed by atoms with Crippen molar-refractivity contribution < 1.29 is 13.6 Å². The van der Waals surface area contributed by atoms with Crippen molar-refractivity contribution >= 4 is 27.5 Å². The Hall–Kier alpha value is -1.82. The lowest BCUT2D eigenvalue weighted by atomic mass is 10.2. The number of halogens is 3. The highest BCUT2D eigenvalue weighted by Crippen LogP contribution is 2.25. The number of hydrogen-bond acceptors (Lipinski definition) is 2. The van der Waals surface area contributed by atoms with Crippen molar-refractivity contribution in [3.63, 3.8) is 0 Å². The molecule has 0 aliphatic rings. The molecule has 2 aromatic rings. The molecule has 6 heteroatoms. The van der Waals surface area contributed by atoms with Crippen LogP contribution in [0, 0.1) is 11.8 Å².